The summed E-state index contributed by atoms with van der Waals surface area (Å²) in [4.78, 5) is 27.9. The van der Waals surface area contributed by atoms with Crippen molar-refractivity contribution < 1.29 is 9.72 Å². The Bertz CT molecular complexity index is 982. The third-order valence-corrected chi connectivity index (χ3v) is 5.57. The topological polar surface area (TPSA) is 63.5 Å². The quantitative estimate of drug-likeness (QED) is 0.411. The molecule has 0 saturated carbocycles. The predicted molar refractivity (Wildman–Crippen MR) is 112 cm³/mol. The van der Waals surface area contributed by atoms with E-state index >= 15 is 0 Å². The van der Waals surface area contributed by atoms with Crippen LogP contribution in [0.5, 0.6) is 0 Å². The van der Waals surface area contributed by atoms with Gasteiger partial charge >= 0.3 is 0 Å². The summed E-state index contributed by atoms with van der Waals surface area (Å²) in [6, 6.07) is 18.7. The molecule has 0 N–H and O–H groups in total. The number of thiophene rings is 1. The van der Waals surface area contributed by atoms with Crippen molar-refractivity contribution >= 4 is 22.9 Å². The lowest BCUT2D eigenvalue weighted by molar-refractivity contribution is -0.385. The van der Waals surface area contributed by atoms with Gasteiger partial charge in [-0.2, -0.15) is 0 Å². The molecule has 5 nitrogen and oxygen atoms in total. The molecule has 0 aliphatic heterocycles. The number of nitrogens with zero attached hydrogens (tertiary/aromatic N) is 2. The average Bonchev–Trinajstić information content (AvgIpc) is 3.09. The standard InChI is InChI=1S/C22H22N2O3S/c1-16-14-19(9-11-21(16)24(26)27)22(25)23(15-20-10-8-17(2)28-20)13-12-18-6-4-3-5-7-18/h3-11,14H,12-13,15H2,1-2H3. The summed E-state index contributed by atoms with van der Waals surface area (Å²) in [5, 5.41) is 11.1. The molecule has 0 saturated heterocycles. The smallest absolute Gasteiger partial charge is 0.272 e. The van der Waals surface area contributed by atoms with Gasteiger partial charge in [0.15, 0.2) is 0 Å². The van der Waals surface area contributed by atoms with Crippen molar-refractivity contribution in [3.63, 3.8) is 0 Å². The highest BCUT2D eigenvalue weighted by atomic mass is 32.1. The first-order valence-corrected chi connectivity index (χ1v) is 9.89. The Morgan fingerprint density at radius 1 is 1.07 bits per heavy atom. The van der Waals surface area contributed by atoms with E-state index in [0.29, 0.717) is 24.2 Å². The molecular formula is C22H22N2O3S. The van der Waals surface area contributed by atoms with Crippen LogP contribution in [0.3, 0.4) is 0 Å². The number of hydrogen-bond donors (Lipinski definition) is 0. The number of carbonyl (C=O) groups is 1. The summed E-state index contributed by atoms with van der Waals surface area (Å²) >= 11 is 1.68. The van der Waals surface area contributed by atoms with Crippen LogP contribution in [0.1, 0.15) is 31.2 Å². The van der Waals surface area contributed by atoms with E-state index in [1.807, 2.05) is 48.2 Å². The minimum absolute atomic E-state index is 0.0290. The van der Waals surface area contributed by atoms with Crippen LogP contribution < -0.4 is 0 Å². The highest BCUT2D eigenvalue weighted by Crippen LogP contribution is 2.22. The second-order valence-electron chi connectivity index (χ2n) is 6.73. The molecule has 0 bridgehead atoms. The van der Waals surface area contributed by atoms with Gasteiger partial charge in [0.25, 0.3) is 11.6 Å². The van der Waals surface area contributed by atoms with Gasteiger partial charge in [0, 0.05) is 33.5 Å². The van der Waals surface area contributed by atoms with Crippen LogP contribution >= 0.6 is 11.3 Å². The summed E-state index contributed by atoms with van der Waals surface area (Å²) in [6.07, 6.45) is 0.753. The summed E-state index contributed by atoms with van der Waals surface area (Å²) in [5.41, 5.74) is 2.17. The number of nitro benzene ring substituents is 1. The number of nitro groups is 1. The van der Waals surface area contributed by atoms with Gasteiger partial charge in [-0.3, -0.25) is 14.9 Å². The van der Waals surface area contributed by atoms with Gasteiger partial charge in [0.2, 0.25) is 0 Å². The van der Waals surface area contributed by atoms with Crippen molar-refractivity contribution in [2.75, 3.05) is 6.54 Å². The van der Waals surface area contributed by atoms with E-state index in [4.69, 9.17) is 0 Å². The largest absolute Gasteiger partial charge is 0.333 e. The minimum Gasteiger partial charge on any atom is -0.333 e. The summed E-state index contributed by atoms with van der Waals surface area (Å²) < 4.78 is 0. The first-order valence-electron chi connectivity index (χ1n) is 9.07. The van der Waals surface area contributed by atoms with E-state index in [1.54, 1.807) is 30.4 Å². The molecule has 28 heavy (non-hydrogen) atoms. The maximum absolute atomic E-state index is 13.2. The summed E-state index contributed by atoms with van der Waals surface area (Å²) in [6.45, 7) is 4.81. The van der Waals surface area contributed by atoms with Crippen LogP contribution in [-0.4, -0.2) is 22.3 Å². The molecule has 0 spiro atoms. The van der Waals surface area contributed by atoms with E-state index in [9.17, 15) is 14.9 Å². The molecule has 0 aliphatic rings. The maximum atomic E-state index is 13.2. The van der Waals surface area contributed by atoms with Gasteiger partial charge in [0.05, 0.1) is 11.5 Å². The zero-order valence-electron chi connectivity index (χ0n) is 15.9. The fourth-order valence-corrected chi connectivity index (χ4v) is 4.00. The molecule has 0 fully saturated rings. The molecule has 0 radical (unpaired) electrons. The normalized spacial score (nSPS) is 10.6. The maximum Gasteiger partial charge on any atom is 0.272 e. The van der Waals surface area contributed by atoms with E-state index < -0.39 is 4.92 Å². The van der Waals surface area contributed by atoms with Crippen LogP contribution in [0.4, 0.5) is 5.69 Å². The third kappa shape index (κ3) is 4.84. The molecule has 6 heteroatoms. The number of amides is 1. The molecular weight excluding hydrogens is 372 g/mol. The first kappa shape index (κ1) is 19.8. The highest BCUT2D eigenvalue weighted by Gasteiger charge is 2.20. The first-order chi connectivity index (χ1) is 13.4. The second-order valence-corrected chi connectivity index (χ2v) is 8.11. The van der Waals surface area contributed by atoms with Crippen LogP contribution in [-0.2, 0) is 13.0 Å². The van der Waals surface area contributed by atoms with Crippen molar-refractivity contribution in [3.8, 4) is 0 Å². The molecule has 0 aliphatic carbocycles. The van der Waals surface area contributed by atoms with Gasteiger partial charge in [-0.15, -0.1) is 11.3 Å². The van der Waals surface area contributed by atoms with Gasteiger partial charge in [-0.1, -0.05) is 30.3 Å². The van der Waals surface area contributed by atoms with Gasteiger partial charge < -0.3 is 4.90 Å². The fraction of sp³-hybridized carbons (Fsp3) is 0.227. The van der Waals surface area contributed by atoms with E-state index in [-0.39, 0.29) is 11.6 Å². The van der Waals surface area contributed by atoms with E-state index in [2.05, 4.69) is 6.07 Å². The SMILES string of the molecule is Cc1ccc(CN(CCc2ccccc2)C(=O)c2ccc([N+](=O)[O-])c(C)c2)s1. The van der Waals surface area contributed by atoms with Crippen molar-refractivity contribution in [3.05, 3.63) is 97.2 Å². The molecule has 1 aromatic heterocycles. The predicted octanol–water partition coefficient (Wildman–Crippen LogP) is 5.16. The molecule has 1 heterocycles. The fourth-order valence-electron chi connectivity index (χ4n) is 3.10. The van der Waals surface area contributed by atoms with Gasteiger partial charge in [0.1, 0.15) is 0 Å². The Morgan fingerprint density at radius 2 is 1.82 bits per heavy atom. The summed E-state index contributed by atoms with van der Waals surface area (Å²) in [5.74, 6) is -0.111. The monoisotopic (exact) mass is 394 g/mol. The Balaban J connectivity index is 1.83. The Morgan fingerprint density at radius 3 is 2.43 bits per heavy atom. The van der Waals surface area contributed by atoms with Crippen molar-refractivity contribution in [2.24, 2.45) is 0 Å². The molecule has 1 amide bonds. The number of hydrogen-bond acceptors (Lipinski definition) is 4. The lowest BCUT2D eigenvalue weighted by Gasteiger charge is -2.22. The lowest BCUT2D eigenvalue weighted by atomic mass is 10.1. The summed E-state index contributed by atoms with van der Waals surface area (Å²) in [7, 11) is 0. The molecule has 144 valence electrons. The zero-order valence-corrected chi connectivity index (χ0v) is 16.7. The average molecular weight is 394 g/mol. The number of benzene rings is 2. The van der Waals surface area contributed by atoms with Crippen molar-refractivity contribution in [2.45, 2.75) is 26.8 Å². The van der Waals surface area contributed by atoms with Crippen molar-refractivity contribution in [1.82, 2.24) is 4.90 Å². The molecule has 0 atom stereocenters. The number of aryl methyl sites for hydroxylation is 2. The molecule has 3 rings (SSSR count). The molecule has 3 aromatic rings. The number of carbonyl (C=O) groups excluding carboxylic acids is 1. The Kier molecular flexibility index (Phi) is 6.21. The highest BCUT2D eigenvalue weighted by molar-refractivity contribution is 7.11. The zero-order chi connectivity index (χ0) is 20.1. The van der Waals surface area contributed by atoms with E-state index in [1.165, 1.54) is 16.5 Å². The second kappa shape index (κ2) is 8.80. The molecule has 0 unspecified atom stereocenters. The molecule has 2 aromatic carbocycles. The lowest BCUT2D eigenvalue weighted by Crippen LogP contribution is -2.32. The van der Waals surface area contributed by atoms with Crippen LogP contribution in [0.25, 0.3) is 0 Å². The Hall–Kier alpha value is -2.99. The van der Waals surface area contributed by atoms with Crippen molar-refractivity contribution in [1.29, 1.82) is 0 Å². The van der Waals surface area contributed by atoms with Gasteiger partial charge in [-0.05, 0) is 50.1 Å². The van der Waals surface area contributed by atoms with Gasteiger partial charge in [-0.25, -0.2) is 0 Å². The minimum atomic E-state index is -0.425. The van der Waals surface area contributed by atoms with Crippen LogP contribution in [0.2, 0.25) is 0 Å². The third-order valence-electron chi connectivity index (χ3n) is 4.58. The number of rotatable bonds is 7. The van der Waals surface area contributed by atoms with E-state index in [0.717, 1.165) is 11.3 Å². The van der Waals surface area contributed by atoms with Crippen LogP contribution in [0.15, 0.2) is 60.7 Å². The van der Waals surface area contributed by atoms with Crippen LogP contribution in [0, 0.1) is 24.0 Å². The Labute approximate surface area is 168 Å².